The first-order valence-electron chi connectivity index (χ1n) is 5.48. The number of nitrogens with one attached hydrogen (secondary N) is 1. The van der Waals surface area contributed by atoms with Crippen LogP contribution in [0.25, 0.3) is 0 Å². The molecule has 0 radical (unpaired) electrons. The van der Waals surface area contributed by atoms with Crippen LogP contribution in [0.1, 0.15) is 18.9 Å². The van der Waals surface area contributed by atoms with Gasteiger partial charge >= 0.3 is 0 Å². The number of hydrogen-bond acceptors (Lipinski definition) is 2. The predicted molar refractivity (Wildman–Crippen MR) is 66.2 cm³/mol. The molecular weight excluding hydrogens is 244 g/mol. The van der Waals surface area contributed by atoms with Crippen LogP contribution in [0.3, 0.4) is 0 Å². The van der Waals surface area contributed by atoms with Crippen molar-refractivity contribution >= 4 is 10.8 Å². The molecule has 0 bridgehead atoms. The Balaban J connectivity index is 2.36. The van der Waals surface area contributed by atoms with Gasteiger partial charge in [-0.2, -0.15) is 0 Å². The van der Waals surface area contributed by atoms with E-state index in [4.69, 9.17) is 0 Å². The van der Waals surface area contributed by atoms with Crippen LogP contribution in [0.5, 0.6) is 0 Å². The topological polar surface area (TPSA) is 29.1 Å². The molecule has 0 heterocycles. The summed E-state index contributed by atoms with van der Waals surface area (Å²) in [4.78, 5) is 0. The van der Waals surface area contributed by atoms with Crippen LogP contribution >= 0.6 is 0 Å². The molecule has 1 rings (SSSR count). The summed E-state index contributed by atoms with van der Waals surface area (Å²) in [5.41, 5.74) is 0.315. The number of hydrogen-bond donors (Lipinski definition) is 1. The molecule has 2 unspecified atom stereocenters. The van der Waals surface area contributed by atoms with Crippen LogP contribution in [-0.4, -0.2) is 22.3 Å². The summed E-state index contributed by atoms with van der Waals surface area (Å²) in [5, 5.41) is 3.13. The van der Waals surface area contributed by atoms with Gasteiger partial charge in [-0.25, -0.2) is 8.78 Å². The van der Waals surface area contributed by atoms with E-state index in [9.17, 15) is 13.0 Å². The Morgan fingerprint density at radius 2 is 2.12 bits per heavy atom. The van der Waals surface area contributed by atoms with Crippen molar-refractivity contribution in [3.8, 4) is 0 Å². The molecule has 5 heteroatoms. The Hall–Kier alpha value is -0.810. The minimum absolute atomic E-state index is 0.111. The lowest BCUT2D eigenvalue weighted by atomic mass is 10.2. The molecule has 0 spiro atoms. The van der Waals surface area contributed by atoms with Crippen LogP contribution in [0.4, 0.5) is 8.78 Å². The fourth-order valence-electron chi connectivity index (χ4n) is 1.38. The zero-order valence-corrected chi connectivity index (χ0v) is 10.8. The summed E-state index contributed by atoms with van der Waals surface area (Å²) < 4.78 is 37.2. The fraction of sp³-hybridized carbons (Fsp3) is 0.500. The minimum Gasteiger partial charge on any atom is -0.313 e. The minimum atomic E-state index is -0.840. The third kappa shape index (κ3) is 4.52. The highest BCUT2D eigenvalue weighted by Crippen LogP contribution is 2.10. The molecule has 1 aromatic rings. The molecule has 1 aromatic carbocycles. The predicted octanol–water partition coefficient (Wildman–Crippen LogP) is 2.21. The van der Waals surface area contributed by atoms with Gasteiger partial charge in [-0.15, -0.1) is 0 Å². The smallest absolute Gasteiger partial charge is 0.163 e. The molecule has 0 amide bonds. The summed E-state index contributed by atoms with van der Waals surface area (Å²) in [6.07, 6.45) is 2.41. The molecule has 2 nitrogen and oxygen atoms in total. The van der Waals surface area contributed by atoms with Gasteiger partial charge in [0.2, 0.25) is 0 Å². The molecule has 0 aliphatic carbocycles. The van der Waals surface area contributed by atoms with Crippen LogP contribution in [0.15, 0.2) is 18.2 Å². The number of benzene rings is 1. The van der Waals surface area contributed by atoms with Gasteiger partial charge in [-0.3, -0.25) is 4.21 Å². The highest BCUT2D eigenvalue weighted by atomic mass is 32.2. The Bertz CT molecular complexity index is 398. The average molecular weight is 261 g/mol. The standard InChI is InChI=1S/C12H17F2NOS/c1-9(17(2)16)6-7-15-8-10-4-3-5-11(13)12(10)14/h3-5,9,15H,6-8H2,1-2H3. The lowest BCUT2D eigenvalue weighted by Crippen LogP contribution is -2.21. The molecule has 2 atom stereocenters. The zero-order valence-electron chi connectivity index (χ0n) is 10.0. The van der Waals surface area contributed by atoms with Crippen molar-refractivity contribution in [1.82, 2.24) is 5.32 Å². The SMILES string of the molecule is CC(CCNCc1cccc(F)c1F)S(C)=O. The van der Waals surface area contributed by atoms with E-state index in [1.807, 2.05) is 6.92 Å². The van der Waals surface area contributed by atoms with E-state index in [1.165, 1.54) is 6.07 Å². The maximum atomic E-state index is 13.3. The van der Waals surface area contributed by atoms with Crippen LogP contribution in [-0.2, 0) is 17.3 Å². The molecule has 1 N–H and O–H groups in total. The van der Waals surface area contributed by atoms with Crippen molar-refractivity contribution < 1.29 is 13.0 Å². The fourth-order valence-corrected chi connectivity index (χ4v) is 1.83. The van der Waals surface area contributed by atoms with Gasteiger partial charge in [0.1, 0.15) is 0 Å². The van der Waals surface area contributed by atoms with Gasteiger partial charge in [0.25, 0.3) is 0 Å². The van der Waals surface area contributed by atoms with Gasteiger partial charge in [-0.1, -0.05) is 19.1 Å². The Kier molecular flexibility index (Phi) is 5.71. The highest BCUT2D eigenvalue weighted by molar-refractivity contribution is 7.84. The maximum Gasteiger partial charge on any atom is 0.163 e. The second-order valence-corrected chi connectivity index (χ2v) is 5.79. The van der Waals surface area contributed by atoms with Crippen LogP contribution in [0.2, 0.25) is 0 Å². The molecule has 0 fully saturated rings. The molecule has 96 valence electrons. The number of halogens is 2. The van der Waals surface area contributed by atoms with Crippen molar-refractivity contribution in [1.29, 1.82) is 0 Å². The second kappa shape index (κ2) is 6.81. The van der Waals surface area contributed by atoms with Gasteiger partial charge < -0.3 is 5.32 Å². The Morgan fingerprint density at radius 3 is 2.76 bits per heavy atom. The molecular formula is C12H17F2NOS. The first-order valence-corrected chi connectivity index (χ1v) is 7.10. The van der Waals surface area contributed by atoms with Crippen molar-refractivity contribution in [2.75, 3.05) is 12.8 Å². The van der Waals surface area contributed by atoms with Crippen molar-refractivity contribution in [3.05, 3.63) is 35.4 Å². The molecule has 0 aromatic heterocycles. The van der Waals surface area contributed by atoms with E-state index in [1.54, 1.807) is 12.3 Å². The first-order chi connectivity index (χ1) is 8.02. The van der Waals surface area contributed by atoms with Crippen molar-refractivity contribution in [3.63, 3.8) is 0 Å². The van der Waals surface area contributed by atoms with E-state index >= 15 is 0 Å². The molecule has 0 saturated carbocycles. The van der Waals surface area contributed by atoms with E-state index < -0.39 is 22.4 Å². The summed E-state index contributed by atoms with van der Waals surface area (Å²) in [7, 11) is -0.840. The zero-order chi connectivity index (χ0) is 12.8. The van der Waals surface area contributed by atoms with E-state index in [0.717, 1.165) is 12.5 Å². The van der Waals surface area contributed by atoms with Gasteiger partial charge in [0.15, 0.2) is 11.6 Å². The van der Waals surface area contributed by atoms with Gasteiger partial charge in [0.05, 0.1) is 0 Å². The average Bonchev–Trinajstić information content (AvgIpc) is 2.29. The lowest BCUT2D eigenvalue weighted by molar-refractivity contribution is 0.492. The molecule has 0 saturated heterocycles. The summed E-state index contributed by atoms with van der Waals surface area (Å²) in [6, 6.07) is 4.13. The normalized spacial score (nSPS) is 14.6. The van der Waals surface area contributed by atoms with E-state index in [2.05, 4.69) is 5.32 Å². The molecule has 17 heavy (non-hydrogen) atoms. The maximum absolute atomic E-state index is 13.3. The lowest BCUT2D eigenvalue weighted by Gasteiger charge is -2.09. The van der Waals surface area contributed by atoms with Crippen LogP contribution < -0.4 is 5.32 Å². The third-order valence-corrected chi connectivity index (χ3v) is 4.01. The Morgan fingerprint density at radius 1 is 1.41 bits per heavy atom. The molecule has 0 aliphatic rings. The second-order valence-electron chi connectivity index (χ2n) is 3.99. The third-order valence-electron chi connectivity index (χ3n) is 2.64. The van der Waals surface area contributed by atoms with Gasteiger partial charge in [-0.05, 0) is 19.0 Å². The largest absolute Gasteiger partial charge is 0.313 e. The van der Waals surface area contributed by atoms with E-state index in [0.29, 0.717) is 12.1 Å². The summed E-state index contributed by atoms with van der Waals surface area (Å²) >= 11 is 0. The van der Waals surface area contributed by atoms with Gasteiger partial charge in [0, 0.05) is 34.4 Å². The Labute approximate surface area is 103 Å². The molecule has 0 aliphatic heterocycles. The van der Waals surface area contributed by atoms with Crippen molar-refractivity contribution in [2.24, 2.45) is 0 Å². The van der Waals surface area contributed by atoms with E-state index in [-0.39, 0.29) is 11.8 Å². The number of rotatable bonds is 6. The highest BCUT2D eigenvalue weighted by Gasteiger charge is 2.08. The monoisotopic (exact) mass is 261 g/mol. The first kappa shape index (κ1) is 14.3. The van der Waals surface area contributed by atoms with Crippen LogP contribution in [0, 0.1) is 11.6 Å². The van der Waals surface area contributed by atoms with Crippen molar-refractivity contribution in [2.45, 2.75) is 25.1 Å². The summed E-state index contributed by atoms with van der Waals surface area (Å²) in [6.45, 7) is 2.82. The quantitative estimate of drug-likeness (QED) is 0.796. The summed E-state index contributed by atoms with van der Waals surface area (Å²) in [5.74, 6) is -1.63.